The van der Waals surface area contributed by atoms with Crippen LogP contribution in [0.2, 0.25) is 0 Å². The van der Waals surface area contributed by atoms with Crippen molar-refractivity contribution in [1.82, 2.24) is 4.57 Å². The average Bonchev–Trinajstić information content (AvgIpc) is 2.92. The molecule has 1 aromatic carbocycles. The van der Waals surface area contributed by atoms with Crippen molar-refractivity contribution >= 4 is 21.7 Å². The number of hydrogen-bond acceptors (Lipinski definition) is 3. The van der Waals surface area contributed by atoms with Crippen LogP contribution >= 0.6 is 15.9 Å². The summed E-state index contributed by atoms with van der Waals surface area (Å²) in [7, 11) is 1.91. The molecule has 2 heterocycles. The predicted molar refractivity (Wildman–Crippen MR) is 91.8 cm³/mol. The van der Waals surface area contributed by atoms with Gasteiger partial charge in [-0.15, -0.1) is 0 Å². The van der Waals surface area contributed by atoms with E-state index < -0.39 is 0 Å². The zero-order chi connectivity index (χ0) is 16.0. The van der Waals surface area contributed by atoms with Crippen LogP contribution in [0.1, 0.15) is 11.3 Å². The molecular weight excluding hydrogens is 344 g/mol. The maximum Gasteiger partial charge on any atom is 0.115 e. The number of nitrogen functional groups attached to an aromatic ring is 1. The Bertz CT molecular complexity index is 825. The number of aromatic hydroxyl groups is 1. The standard InChI is InChI=1S/C17H17BrN2O2/c1-9-8-22-10(2)13(9)15-14(16(18)20(3)17(15)19)11-4-6-12(21)7-5-11/h4-8,21H,19H2,1-3H3. The Morgan fingerprint density at radius 1 is 1.09 bits per heavy atom. The number of rotatable bonds is 2. The van der Waals surface area contributed by atoms with Crippen molar-refractivity contribution in [3.8, 4) is 28.0 Å². The summed E-state index contributed by atoms with van der Waals surface area (Å²) in [5, 5.41) is 9.52. The van der Waals surface area contributed by atoms with E-state index in [1.807, 2.05) is 37.6 Å². The fourth-order valence-electron chi connectivity index (χ4n) is 2.76. The van der Waals surface area contributed by atoms with E-state index in [0.717, 1.165) is 38.2 Å². The molecule has 22 heavy (non-hydrogen) atoms. The van der Waals surface area contributed by atoms with Gasteiger partial charge in [0.1, 0.15) is 17.3 Å². The van der Waals surface area contributed by atoms with Gasteiger partial charge in [-0.25, -0.2) is 0 Å². The topological polar surface area (TPSA) is 64.3 Å². The molecule has 3 N–H and O–H groups in total. The van der Waals surface area contributed by atoms with Gasteiger partial charge in [-0.3, -0.25) is 0 Å². The first-order valence-corrected chi connectivity index (χ1v) is 7.69. The van der Waals surface area contributed by atoms with Gasteiger partial charge in [0.2, 0.25) is 0 Å². The first-order chi connectivity index (χ1) is 10.4. The molecule has 0 saturated carbocycles. The first kappa shape index (κ1) is 14.8. The minimum Gasteiger partial charge on any atom is -0.508 e. The number of aryl methyl sites for hydroxylation is 2. The zero-order valence-corrected chi connectivity index (χ0v) is 14.2. The molecule has 0 amide bonds. The van der Waals surface area contributed by atoms with Crippen molar-refractivity contribution < 1.29 is 9.52 Å². The number of phenols is 1. The minimum atomic E-state index is 0.237. The molecule has 0 aliphatic rings. The summed E-state index contributed by atoms with van der Waals surface area (Å²) in [6.07, 6.45) is 1.74. The third-order valence-corrected chi connectivity index (χ3v) is 4.86. The summed E-state index contributed by atoms with van der Waals surface area (Å²) in [4.78, 5) is 0. The van der Waals surface area contributed by atoms with Gasteiger partial charge in [0.25, 0.3) is 0 Å². The van der Waals surface area contributed by atoms with Crippen LogP contribution < -0.4 is 5.73 Å². The van der Waals surface area contributed by atoms with Gasteiger partial charge in [0, 0.05) is 23.7 Å². The van der Waals surface area contributed by atoms with Crippen molar-refractivity contribution in [2.45, 2.75) is 13.8 Å². The van der Waals surface area contributed by atoms with Crippen LogP contribution in [-0.4, -0.2) is 9.67 Å². The molecule has 0 aliphatic heterocycles. The number of aromatic nitrogens is 1. The molecule has 0 unspecified atom stereocenters. The van der Waals surface area contributed by atoms with Gasteiger partial charge in [0.15, 0.2) is 0 Å². The van der Waals surface area contributed by atoms with Gasteiger partial charge < -0.3 is 19.8 Å². The van der Waals surface area contributed by atoms with Crippen molar-refractivity contribution in [1.29, 1.82) is 0 Å². The van der Waals surface area contributed by atoms with Crippen LogP contribution in [0.25, 0.3) is 22.3 Å². The van der Waals surface area contributed by atoms with Crippen LogP contribution in [0.5, 0.6) is 5.75 Å². The maximum atomic E-state index is 9.52. The smallest absolute Gasteiger partial charge is 0.115 e. The highest BCUT2D eigenvalue weighted by molar-refractivity contribution is 9.10. The van der Waals surface area contributed by atoms with E-state index >= 15 is 0 Å². The van der Waals surface area contributed by atoms with E-state index in [2.05, 4.69) is 15.9 Å². The number of nitrogens with two attached hydrogens (primary N) is 1. The van der Waals surface area contributed by atoms with E-state index in [9.17, 15) is 5.11 Å². The maximum absolute atomic E-state index is 9.52. The average molecular weight is 361 g/mol. The number of benzene rings is 1. The Morgan fingerprint density at radius 3 is 2.27 bits per heavy atom. The SMILES string of the molecule is Cc1coc(C)c1-c1c(-c2ccc(O)cc2)c(Br)n(C)c1N. The predicted octanol–water partition coefficient (Wildman–Crippen LogP) is 4.62. The molecular formula is C17H17BrN2O2. The summed E-state index contributed by atoms with van der Waals surface area (Å²) >= 11 is 3.63. The van der Waals surface area contributed by atoms with Crippen LogP contribution in [0.15, 0.2) is 39.5 Å². The number of nitrogens with zero attached hydrogens (tertiary/aromatic N) is 1. The minimum absolute atomic E-state index is 0.237. The van der Waals surface area contributed by atoms with Crippen molar-refractivity contribution in [3.05, 3.63) is 46.5 Å². The molecule has 0 atom stereocenters. The Morgan fingerprint density at radius 2 is 1.73 bits per heavy atom. The Balaban J connectivity index is 2.36. The molecule has 0 aliphatic carbocycles. The largest absolute Gasteiger partial charge is 0.508 e. The fourth-order valence-corrected chi connectivity index (χ4v) is 3.38. The number of furan rings is 1. The zero-order valence-electron chi connectivity index (χ0n) is 12.6. The molecule has 3 rings (SSSR count). The Kier molecular flexibility index (Phi) is 3.53. The van der Waals surface area contributed by atoms with Crippen LogP contribution in [0.4, 0.5) is 5.82 Å². The molecule has 0 saturated heterocycles. The molecule has 0 radical (unpaired) electrons. The quantitative estimate of drug-likeness (QED) is 0.700. The summed E-state index contributed by atoms with van der Waals surface area (Å²) in [5.74, 6) is 1.74. The van der Waals surface area contributed by atoms with Gasteiger partial charge in [-0.2, -0.15) is 0 Å². The van der Waals surface area contributed by atoms with Crippen LogP contribution in [0.3, 0.4) is 0 Å². The van der Waals surface area contributed by atoms with E-state index in [0.29, 0.717) is 5.82 Å². The summed E-state index contributed by atoms with van der Waals surface area (Å²) in [6, 6.07) is 7.10. The summed E-state index contributed by atoms with van der Waals surface area (Å²) in [5.41, 5.74) is 11.3. The summed E-state index contributed by atoms with van der Waals surface area (Å²) in [6.45, 7) is 3.94. The third-order valence-electron chi connectivity index (χ3n) is 3.93. The second-order valence-electron chi connectivity index (χ2n) is 5.38. The Hall–Kier alpha value is -2.14. The van der Waals surface area contributed by atoms with Crippen molar-refractivity contribution in [2.24, 2.45) is 7.05 Å². The van der Waals surface area contributed by atoms with E-state index in [1.165, 1.54) is 0 Å². The van der Waals surface area contributed by atoms with E-state index in [1.54, 1.807) is 18.4 Å². The highest BCUT2D eigenvalue weighted by atomic mass is 79.9. The molecule has 5 heteroatoms. The molecule has 3 aromatic rings. The number of halogens is 1. The molecule has 0 fully saturated rings. The second kappa shape index (κ2) is 5.25. The lowest BCUT2D eigenvalue weighted by Crippen LogP contribution is -1.97. The highest BCUT2D eigenvalue weighted by Gasteiger charge is 2.24. The van der Waals surface area contributed by atoms with E-state index in [-0.39, 0.29) is 5.75 Å². The molecule has 4 nitrogen and oxygen atoms in total. The fraction of sp³-hybridized carbons (Fsp3) is 0.176. The molecule has 0 spiro atoms. The van der Waals surface area contributed by atoms with E-state index in [4.69, 9.17) is 10.2 Å². The number of anilines is 1. The third kappa shape index (κ3) is 2.13. The molecule has 0 bridgehead atoms. The molecule has 114 valence electrons. The molecule has 2 aromatic heterocycles. The highest BCUT2D eigenvalue weighted by Crippen LogP contribution is 2.46. The van der Waals surface area contributed by atoms with Gasteiger partial charge in [-0.05, 0) is 53.0 Å². The van der Waals surface area contributed by atoms with Crippen molar-refractivity contribution in [3.63, 3.8) is 0 Å². The van der Waals surface area contributed by atoms with Crippen LogP contribution in [0, 0.1) is 13.8 Å². The number of hydrogen-bond donors (Lipinski definition) is 2. The van der Waals surface area contributed by atoms with Gasteiger partial charge in [0.05, 0.1) is 10.9 Å². The van der Waals surface area contributed by atoms with Gasteiger partial charge >= 0.3 is 0 Å². The Labute approximate surface area is 137 Å². The lowest BCUT2D eigenvalue weighted by molar-refractivity contribution is 0.475. The lowest BCUT2D eigenvalue weighted by atomic mass is 9.96. The van der Waals surface area contributed by atoms with Crippen molar-refractivity contribution in [2.75, 3.05) is 5.73 Å². The first-order valence-electron chi connectivity index (χ1n) is 6.90. The summed E-state index contributed by atoms with van der Waals surface area (Å²) < 4.78 is 8.34. The second-order valence-corrected chi connectivity index (χ2v) is 6.13. The van der Waals surface area contributed by atoms with Crippen LogP contribution in [-0.2, 0) is 7.05 Å². The lowest BCUT2D eigenvalue weighted by Gasteiger charge is -2.07. The van der Waals surface area contributed by atoms with Gasteiger partial charge in [-0.1, -0.05) is 12.1 Å². The normalized spacial score (nSPS) is 11.1. The number of phenolic OH excluding ortho intramolecular Hbond substituents is 1. The monoisotopic (exact) mass is 360 g/mol.